The maximum atomic E-state index is 12.2. The molecule has 2 fully saturated rings. The average Bonchev–Trinajstić information content (AvgIpc) is 2.16. The lowest BCUT2D eigenvalue weighted by Crippen LogP contribution is -2.61. The maximum Gasteiger partial charge on any atom is 0.136 e. The minimum Gasteiger partial charge on any atom is -0.299 e. The molecular weight excluding hydrogens is 196 g/mol. The average molecular weight is 222 g/mol. The highest BCUT2D eigenvalue weighted by Crippen LogP contribution is 2.66. The standard InChI is InChI=1S/C15H26O/c1-11-8-6-5-7-9-15(12(2)16)13(11)10-14(15,3)4/h11,13H,5-10H2,1-4H3/t11-,13-,15-/m1/s1. The van der Waals surface area contributed by atoms with Crippen LogP contribution in [-0.2, 0) is 4.79 Å². The molecule has 0 N–H and O–H groups in total. The first-order valence-corrected chi connectivity index (χ1v) is 6.93. The fraction of sp³-hybridized carbons (Fsp3) is 0.933. The molecule has 2 rings (SSSR count). The van der Waals surface area contributed by atoms with Crippen LogP contribution < -0.4 is 0 Å². The summed E-state index contributed by atoms with van der Waals surface area (Å²) in [5.41, 5.74) is 0.266. The van der Waals surface area contributed by atoms with Crippen molar-refractivity contribution >= 4 is 5.78 Å². The van der Waals surface area contributed by atoms with Crippen molar-refractivity contribution in [3.63, 3.8) is 0 Å². The molecule has 0 aromatic carbocycles. The summed E-state index contributed by atoms with van der Waals surface area (Å²) in [4.78, 5) is 12.2. The SMILES string of the molecule is CC(=O)[C@]12CCCCC[C@@H](C)[C@H]1CC2(C)C. The van der Waals surface area contributed by atoms with Crippen molar-refractivity contribution in [3.8, 4) is 0 Å². The van der Waals surface area contributed by atoms with Crippen LogP contribution in [0.5, 0.6) is 0 Å². The van der Waals surface area contributed by atoms with E-state index < -0.39 is 0 Å². The fourth-order valence-electron chi connectivity index (χ4n) is 4.65. The van der Waals surface area contributed by atoms with Gasteiger partial charge in [0.05, 0.1) is 0 Å². The normalized spacial score (nSPS) is 42.5. The van der Waals surface area contributed by atoms with Crippen molar-refractivity contribution < 1.29 is 4.79 Å². The van der Waals surface area contributed by atoms with Crippen LogP contribution >= 0.6 is 0 Å². The fourth-order valence-corrected chi connectivity index (χ4v) is 4.65. The molecule has 2 aliphatic carbocycles. The van der Waals surface area contributed by atoms with Crippen molar-refractivity contribution in [3.05, 3.63) is 0 Å². The molecule has 2 saturated carbocycles. The van der Waals surface area contributed by atoms with Gasteiger partial charge < -0.3 is 0 Å². The first-order valence-electron chi connectivity index (χ1n) is 6.93. The van der Waals surface area contributed by atoms with E-state index in [-0.39, 0.29) is 10.8 Å². The third kappa shape index (κ3) is 1.47. The molecule has 0 aromatic rings. The molecule has 0 radical (unpaired) electrons. The van der Waals surface area contributed by atoms with Gasteiger partial charge in [0.15, 0.2) is 0 Å². The zero-order chi connectivity index (χ0) is 12.0. The Morgan fingerprint density at radius 1 is 1.19 bits per heavy atom. The number of carbonyl (C=O) groups is 1. The van der Waals surface area contributed by atoms with Crippen molar-refractivity contribution in [1.29, 1.82) is 0 Å². The molecule has 0 amide bonds. The van der Waals surface area contributed by atoms with Crippen LogP contribution in [0.4, 0.5) is 0 Å². The number of hydrogen-bond acceptors (Lipinski definition) is 1. The van der Waals surface area contributed by atoms with Gasteiger partial charge in [0, 0.05) is 5.41 Å². The minimum absolute atomic E-state index is 0.0207. The smallest absolute Gasteiger partial charge is 0.136 e. The molecule has 1 nitrogen and oxygen atoms in total. The lowest BCUT2D eigenvalue weighted by atomic mass is 9.39. The number of Topliss-reactive ketones (excluding diaryl/α,β-unsaturated/α-hetero) is 1. The van der Waals surface area contributed by atoms with Gasteiger partial charge in [0.1, 0.15) is 5.78 Å². The van der Waals surface area contributed by atoms with Crippen molar-refractivity contribution in [2.75, 3.05) is 0 Å². The van der Waals surface area contributed by atoms with Crippen LogP contribution in [0.1, 0.15) is 66.2 Å². The van der Waals surface area contributed by atoms with Gasteiger partial charge in [0.2, 0.25) is 0 Å². The van der Waals surface area contributed by atoms with Gasteiger partial charge >= 0.3 is 0 Å². The van der Waals surface area contributed by atoms with Crippen LogP contribution in [0.3, 0.4) is 0 Å². The number of rotatable bonds is 1. The van der Waals surface area contributed by atoms with Gasteiger partial charge in [-0.25, -0.2) is 0 Å². The number of fused-ring (bicyclic) bond motifs is 1. The third-order valence-corrected chi connectivity index (χ3v) is 5.62. The van der Waals surface area contributed by atoms with Gasteiger partial charge in [0.25, 0.3) is 0 Å². The molecule has 0 heterocycles. The summed E-state index contributed by atoms with van der Waals surface area (Å²) in [7, 11) is 0. The second kappa shape index (κ2) is 3.85. The van der Waals surface area contributed by atoms with E-state index in [4.69, 9.17) is 0 Å². The van der Waals surface area contributed by atoms with Gasteiger partial charge in [-0.15, -0.1) is 0 Å². The third-order valence-electron chi connectivity index (χ3n) is 5.62. The molecule has 0 aromatic heterocycles. The topological polar surface area (TPSA) is 17.1 Å². The van der Waals surface area contributed by atoms with E-state index in [2.05, 4.69) is 20.8 Å². The van der Waals surface area contributed by atoms with E-state index in [9.17, 15) is 4.79 Å². The quantitative estimate of drug-likeness (QED) is 0.649. The maximum absolute atomic E-state index is 12.2. The van der Waals surface area contributed by atoms with Gasteiger partial charge in [-0.05, 0) is 37.0 Å². The second-order valence-electron chi connectivity index (χ2n) is 6.80. The van der Waals surface area contributed by atoms with Crippen molar-refractivity contribution in [1.82, 2.24) is 0 Å². The Morgan fingerprint density at radius 2 is 1.88 bits per heavy atom. The number of carbonyl (C=O) groups excluding carboxylic acids is 1. The van der Waals surface area contributed by atoms with Crippen LogP contribution in [-0.4, -0.2) is 5.78 Å². The van der Waals surface area contributed by atoms with E-state index in [0.29, 0.717) is 11.7 Å². The number of ketones is 1. The molecule has 1 heteroatoms. The summed E-state index contributed by atoms with van der Waals surface area (Å²) < 4.78 is 0. The van der Waals surface area contributed by atoms with Gasteiger partial charge in [-0.1, -0.05) is 46.5 Å². The highest BCUT2D eigenvalue weighted by molar-refractivity contribution is 5.85. The Bertz CT molecular complexity index is 292. The lowest BCUT2D eigenvalue weighted by molar-refractivity contribution is -0.177. The summed E-state index contributed by atoms with van der Waals surface area (Å²) in [5.74, 6) is 1.88. The summed E-state index contributed by atoms with van der Waals surface area (Å²) >= 11 is 0. The summed E-state index contributed by atoms with van der Waals surface area (Å²) in [5, 5.41) is 0. The monoisotopic (exact) mass is 222 g/mol. The van der Waals surface area contributed by atoms with Crippen LogP contribution in [0.25, 0.3) is 0 Å². The molecule has 0 spiro atoms. The minimum atomic E-state index is 0.0207. The summed E-state index contributed by atoms with van der Waals surface area (Å²) in [6.07, 6.45) is 7.67. The Labute approximate surface area is 100.0 Å². The first-order chi connectivity index (χ1) is 7.42. The number of hydrogen-bond donors (Lipinski definition) is 0. The summed E-state index contributed by atoms with van der Waals surface area (Å²) in [6, 6.07) is 0. The second-order valence-corrected chi connectivity index (χ2v) is 6.80. The van der Waals surface area contributed by atoms with Crippen LogP contribution in [0.15, 0.2) is 0 Å². The molecule has 0 unspecified atom stereocenters. The predicted molar refractivity (Wildman–Crippen MR) is 67.3 cm³/mol. The highest BCUT2D eigenvalue weighted by atomic mass is 16.1. The Kier molecular flexibility index (Phi) is 2.92. The van der Waals surface area contributed by atoms with E-state index in [1.165, 1.54) is 32.1 Å². The summed E-state index contributed by atoms with van der Waals surface area (Å²) in [6.45, 7) is 8.81. The predicted octanol–water partition coefficient (Wildman–Crippen LogP) is 4.21. The Morgan fingerprint density at radius 3 is 2.44 bits per heavy atom. The molecule has 0 bridgehead atoms. The van der Waals surface area contributed by atoms with E-state index in [1.54, 1.807) is 0 Å². The molecule has 3 atom stereocenters. The van der Waals surface area contributed by atoms with Crippen LogP contribution in [0.2, 0.25) is 0 Å². The van der Waals surface area contributed by atoms with Crippen molar-refractivity contribution in [2.24, 2.45) is 22.7 Å². The largest absolute Gasteiger partial charge is 0.299 e. The molecular formula is C15H26O. The highest BCUT2D eigenvalue weighted by Gasteiger charge is 2.63. The first kappa shape index (κ1) is 12.1. The lowest BCUT2D eigenvalue weighted by Gasteiger charge is -2.63. The van der Waals surface area contributed by atoms with Gasteiger partial charge in [-0.2, -0.15) is 0 Å². The molecule has 16 heavy (non-hydrogen) atoms. The Hall–Kier alpha value is -0.330. The zero-order valence-electron chi connectivity index (χ0n) is 11.3. The Balaban J connectivity index is 2.32. The molecule has 92 valence electrons. The molecule has 2 aliphatic rings. The van der Waals surface area contributed by atoms with Crippen LogP contribution in [0, 0.1) is 22.7 Å². The van der Waals surface area contributed by atoms with Crippen molar-refractivity contribution in [2.45, 2.75) is 66.2 Å². The zero-order valence-corrected chi connectivity index (χ0v) is 11.3. The molecule has 0 saturated heterocycles. The molecule has 0 aliphatic heterocycles. The van der Waals surface area contributed by atoms with Gasteiger partial charge in [-0.3, -0.25) is 4.79 Å². The van der Waals surface area contributed by atoms with E-state index in [0.717, 1.165) is 12.3 Å². The van der Waals surface area contributed by atoms with E-state index in [1.807, 2.05) is 6.92 Å². The van der Waals surface area contributed by atoms with E-state index >= 15 is 0 Å².